The van der Waals surface area contributed by atoms with Crippen LogP contribution in [0.4, 0.5) is 0 Å². The van der Waals surface area contributed by atoms with Gasteiger partial charge in [0.1, 0.15) is 0 Å². The number of rotatable bonds is 6. The normalized spacial score (nSPS) is 19.9. The molecule has 1 aliphatic heterocycles. The van der Waals surface area contributed by atoms with E-state index < -0.39 is 0 Å². The Balaban J connectivity index is 1.79. The molecule has 0 atom stereocenters. The molecule has 1 saturated carbocycles. The highest BCUT2D eigenvalue weighted by atomic mass is 16.2. The minimum Gasteiger partial charge on any atom is -0.339 e. The fourth-order valence-electron chi connectivity index (χ4n) is 3.65. The average Bonchev–Trinajstić information content (AvgIpc) is 2.57. The summed E-state index contributed by atoms with van der Waals surface area (Å²) in [5.41, 5.74) is 0. The average molecular weight is 324 g/mol. The summed E-state index contributed by atoms with van der Waals surface area (Å²) in [7, 11) is 1.87. The summed E-state index contributed by atoms with van der Waals surface area (Å²) in [6.07, 6.45) is 6.00. The van der Waals surface area contributed by atoms with Crippen LogP contribution in [-0.4, -0.2) is 85.4 Å². The quantitative estimate of drug-likeness (QED) is 0.774. The van der Waals surface area contributed by atoms with Crippen molar-refractivity contribution in [2.24, 2.45) is 0 Å². The lowest BCUT2D eigenvalue weighted by Gasteiger charge is -2.35. The maximum atomic E-state index is 12.6. The van der Waals surface area contributed by atoms with Crippen molar-refractivity contribution in [3.05, 3.63) is 0 Å². The highest BCUT2D eigenvalue weighted by Crippen LogP contribution is 2.22. The summed E-state index contributed by atoms with van der Waals surface area (Å²) in [6.45, 7) is 6.74. The molecule has 6 nitrogen and oxygen atoms in total. The monoisotopic (exact) mass is 324 g/mol. The van der Waals surface area contributed by atoms with Crippen molar-refractivity contribution < 1.29 is 9.59 Å². The molecule has 0 radical (unpaired) electrons. The van der Waals surface area contributed by atoms with E-state index in [0.29, 0.717) is 19.1 Å². The number of amides is 2. The van der Waals surface area contributed by atoms with Crippen LogP contribution in [0.25, 0.3) is 0 Å². The minimum atomic E-state index is 0.127. The molecule has 0 spiro atoms. The molecule has 1 saturated heterocycles. The summed E-state index contributed by atoms with van der Waals surface area (Å²) in [5, 5.41) is 3.25. The van der Waals surface area contributed by atoms with Gasteiger partial charge in [0.25, 0.3) is 0 Å². The minimum absolute atomic E-state index is 0.127. The first-order valence-corrected chi connectivity index (χ1v) is 9.08. The van der Waals surface area contributed by atoms with Gasteiger partial charge >= 0.3 is 0 Å². The summed E-state index contributed by atoms with van der Waals surface area (Å²) < 4.78 is 0. The maximum absolute atomic E-state index is 12.6. The van der Waals surface area contributed by atoms with Crippen molar-refractivity contribution in [2.45, 2.75) is 45.1 Å². The molecule has 2 aliphatic rings. The Morgan fingerprint density at radius 3 is 2.35 bits per heavy atom. The molecule has 0 aromatic heterocycles. The molecular formula is C17H32N4O2. The number of nitrogens with one attached hydrogen (secondary N) is 1. The Hall–Kier alpha value is -1.14. The summed E-state index contributed by atoms with van der Waals surface area (Å²) in [6, 6.07) is 0.401. The van der Waals surface area contributed by atoms with Crippen LogP contribution in [0.15, 0.2) is 0 Å². The zero-order valence-corrected chi connectivity index (χ0v) is 14.7. The Morgan fingerprint density at radius 1 is 1.09 bits per heavy atom. The fraction of sp³-hybridized carbons (Fsp3) is 0.882. The molecule has 6 heteroatoms. The van der Waals surface area contributed by atoms with Gasteiger partial charge in [0.05, 0.1) is 13.1 Å². The maximum Gasteiger partial charge on any atom is 0.236 e. The van der Waals surface area contributed by atoms with Crippen LogP contribution in [0.5, 0.6) is 0 Å². The van der Waals surface area contributed by atoms with Gasteiger partial charge in [0.15, 0.2) is 0 Å². The van der Waals surface area contributed by atoms with Crippen LogP contribution in [-0.2, 0) is 9.59 Å². The summed E-state index contributed by atoms with van der Waals surface area (Å²) >= 11 is 0. The van der Waals surface area contributed by atoms with Gasteiger partial charge in [-0.25, -0.2) is 0 Å². The van der Waals surface area contributed by atoms with E-state index in [9.17, 15) is 9.59 Å². The van der Waals surface area contributed by atoms with Crippen molar-refractivity contribution in [1.29, 1.82) is 0 Å². The zero-order chi connectivity index (χ0) is 16.7. The van der Waals surface area contributed by atoms with Gasteiger partial charge in [-0.05, 0) is 26.8 Å². The van der Waals surface area contributed by atoms with Gasteiger partial charge in [-0.2, -0.15) is 0 Å². The molecule has 132 valence electrons. The number of likely N-dealkylation sites (N-methyl/N-ethyl adjacent to an activating group) is 2. The number of piperazine rings is 1. The fourth-order valence-corrected chi connectivity index (χ4v) is 3.65. The van der Waals surface area contributed by atoms with Crippen molar-refractivity contribution >= 4 is 11.8 Å². The molecule has 23 heavy (non-hydrogen) atoms. The summed E-state index contributed by atoms with van der Waals surface area (Å²) in [5.74, 6) is 0.289. The van der Waals surface area contributed by atoms with E-state index >= 15 is 0 Å². The van der Waals surface area contributed by atoms with Crippen molar-refractivity contribution in [1.82, 2.24) is 20.0 Å². The lowest BCUT2D eigenvalue weighted by atomic mass is 9.94. The highest BCUT2D eigenvalue weighted by Gasteiger charge is 2.25. The van der Waals surface area contributed by atoms with Crippen LogP contribution in [0.1, 0.15) is 39.0 Å². The predicted octanol–water partition coefficient (Wildman–Crippen LogP) is 0.531. The van der Waals surface area contributed by atoms with Crippen molar-refractivity contribution in [2.75, 3.05) is 52.9 Å². The Labute approximate surface area is 140 Å². The van der Waals surface area contributed by atoms with Gasteiger partial charge in [0, 0.05) is 38.8 Å². The van der Waals surface area contributed by atoms with Gasteiger partial charge < -0.3 is 15.1 Å². The van der Waals surface area contributed by atoms with Gasteiger partial charge in [-0.1, -0.05) is 19.3 Å². The third-order valence-electron chi connectivity index (χ3n) is 4.96. The molecular weight excluding hydrogens is 292 g/mol. The van der Waals surface area contributed by atoms with Gasteiger partial charge in [-0.15, -0.1) is 0 Å². The Bertz CT molecular complexity index is 390. The molecule has 2 rings (SSSR count). The zero-order valence-electron chi connectivity index (χ0n) is 14.7. The first-order chi connectivity index (χ1) is 11.1. The van der Waals surface area contributed by atoms with E-state index in [0.717, 1.165) is 45.6 Å². The van der Waals surface area contributed by atoms with E-state index in [1.54, 1.807) is 0 Å². The van der Waals surface area contributed by atoms with Crippen LogP contribution in [0, 0.1) is 0 Å². The van der Waals surface area contributed by atoms with E-state index in [2.05, 4.69) is 12.2 Å². The number of hydrogen-bond acceptors (Lipinski definition) is 4. The summed E-state index contributed by atoms with van der Waals surface area (Å²) in [4.78, 5) is 30.6. The van der Waals surface area contributed by atoms with Crippen molar-refractivity contribution in [3.8, 4) is 0 Å². The second-order valence-corrected chi connectivity index (χ2v) is 6.77. The van der Waals surface area contributed by atoms with Crippen LogP contribution >= 0.6 is 0 Å². The number of hydrogen-bond donors (Lipinski definition) is 1. The molecule has 1 aliphatic carbocycles. The number of carbonyl (C=O) groups is 2. The van der Waals surface area contributed by atoms with E-state index in [4.69, 9.17) is 0 Å². The second kappa shape index (κ2) is 9.23. The molecule has 0 aromatic carbocycles. The third-order valence-corrected chi connectivity index (χ3v) is 4.96. The van der Waals surface area contributed by atoms with Crippen LogP contribution < -0.4 is 5.32 Å². The first-order valence-electron chi connectivity index (χ1n) is 9.08. The van der Waals surface area contributed by atoms with E-state index in [1.165, 1.54) is 19.3 Å². The standard InChI is InChI=1S/C17H32N4O2/c1-3-21(15-7-5-4-6-8-15)17(23)14-19(2)13-16(22)20-11-9-18-10-12-20/h15,18H,3-14H2,1-2H3. The second-order valence-electron chi connectivity index (χ2n) is 6.77. The molecule has 0 aromatic rings. The Morgan fingerprint density at radius 2 is 1.74 bits per heavy atom. The number of nitrogens with zero attached hydrogens (tertiary/aromatic N) is 3. The number of carbonyl (C=O) groups excluding carboxylic acids is 2. The molecule has 2 amide bonds. The molecule has 2 fully saturated rings. The van der Waals surface area contributed by atoms with E-state index in [1.807, 2.05) is 21.7 Å². The largest absolute Gasteiger partial charge is 0.339 e. The third kappa shape index (κ3) is 5.46. The lowest BCUT2D eigenvalue weighted by Crippen LogP contribution is -2.51. The molecule has 1 N–H and O–H groups in total. The van der Waals surface area contributed by atoms with Crippen LogP contribution in [0.2, 0.25) is 0 Å². The lowest BCUT2D eigenvalue weighted by molar-refractivity contribution is -0.137. The predicted molar refractivity (Wildman–Crippen MR) is 91.2 cm³/mol. The molecule has 1 heterocycles. The van der Waals surface area contributed by atoms with E-state index in [-0.39, 0.29) is 11.8 Å². The van der Waals surface area contributed by atoms with Gasteiger partial charge in [0.2, 0.25) is 11.8 Å². The van der Waals surface area contributed by atoms with Gasteiger partial charge in [-0.3, -0.25) is 14.5 Å². The molecule has 0 unspecified atom stereocenters. The van der Waals surface area contributed by atoms with Crippen LogP contribution in [0.3, 0.4) is 0 Å². The smallest absolute Gasteiger partial charge is 0.236 e. The SMILES string of the molecule is CCN(C(=O)CN(C)CC(=O)N1CCNCC1)C1CCCCC1. The topological polar surface area (TPSA) is 55.9 Å². The Kier molecular flexibility index (Phi) is 7.30. The molecule has 0 bridgehead atoms. The highest BCUT2D eigenvalue weighted by molar-refractivity contribution is 5.81. The van der Waals surface area contributed by atoms with Crippen molar-refractivity contribution in [3.63, 3.8) is 0 Å². The first kappa shape index (κ1) is 18.2.